The number of hydrogen-bond donors (Lipinski definition) is 1. The highest BCUT2D eigenvalue weighted by atomic mass is 16.6. The van der Waals surface area contributed by atoms with Crippen molar-refractivity contribution >= 4 is 11.9 Å². The lowest BCUT2D eigenvalue weighted by Crippen LogP contribution is -2.37. The molecule has 1 amide bonds. The highest BCUT2D eigenvalue weighted by Gasteiger charge is 2.26. The summed E-state index contributed by atoms with van der Waals surface area (Å²) in [7, 11) is 2.90. The maximum Gasteiger partial charge on any atom is 0.335 e. The summed E-state index contributed by atoms with van der Waals surface area (Å²) in [6.07, 6.45) is -0.216. The molecule has 0 aliphatic rings. The van der Waals surface area contributed by atoms with Crippen molar-refractivity contribution in [1.82, 2.24) is 5.32 Å². The summed E-state index contributed by atoms with van der Waals surface area (Å²) in [4.78, 5) is 24.5. The van der Waals surface area contributed by atoms with Crippen molar-refractivity contribution in [2.45, 2.75) is 38.5 Å². The molecule has 6 nitrogen and oxygen atoms in total. The molecule has 0 saturated carbocycles. The Morgan fingerprint density at radius 3 is 2.25 bits per heavy atom. The summed E-state index contributed by atoms with van der Waals surface area (Å²) in [5.41, 5.74) is 1.65. The molecule has 0 aliphatic heterocycles. The average Bonchev–Trinajstić information content (AvgIpc) is 2.73. The monoisotopic (exact) mass is 385 g/mol. The minimum absolute atomic E-state index is 0.147. The molecule has 0 bridgehead atoms. The van der Waals surface area contributed by atoms with Gasteiger partial charge in [-0.05, 0) is 24.1 Å². The number of rotatable bonds is 10. The smallest absolute Gasteiger partial charge is 0.335 e. The zero-order chi connectivity index (χ0) is 20.4. The predicted octanol–water partition coefficient (Wildman–Crippen LogP) is 3.41. The Bertz CT molecular complexity index is 745. The van der Waals surface area contributed by atoms with Crippen molar-refractivity contribution in [3.05, 3.63) is 65.7 Å². The molecule has 0 aliphatic carbocycles. The Morgan fingerprint density at radius 2 is 1.68 bits per heavy atom. The van der Waals surface area contributed by atoms with Gasteiger partial charge in [-0.1, -0.05) is 49.4 Å². The topological polar surface area (TPSA) is 73.9 Å². The van der Waals surface area contributed by atoms with Gasteiger partial charge in [-0.3, -0.25) is 4.79 Å². The lowest BCUT2D eigenvalue weighted by atomic mass is 10.1. The van der Waals surface area contributed by atoms with Gasteiger partial charge in [0, 0.05) is 18.4 Å². The van der Waals surface area contributed by atoms with Crippen molar-refractivity contribution in [2.24, 2.45) is 0 Å². The highest BCUT2D eigenvalue weighted by molar-refractivity contribution is 5.77. The average molecular weight is 385 g/mol. The van der Waals surface area contributed by atoms with Crippen molar-refractivity contribution in [3.8, 4) is 5.75 Å². The van der Waals surface area contributed by atoms with E-state index in [4.69, 9.17) is 14.2 Å². The first kappa shape index (κ1) is 21.4. The van der Waals surface area contributed by atoms with Crippen LogP contribution in [0.1, 0.15) is 37.1 Å². The van der Waals surface area contributed by atoms with Crippen molar-refractivity contribution in [1.29, 1.82) is 0 Å². The molecule has 1 N–H and O–H groups in total. The van der Waals surface area contributed by atoms with Gasteiger partial charge in [-0.25, -0.2) is 4.79 Å². The molecule has 0 spiro atoms. The number of nitrogens with one attached hydrogen (secondary N) is 1. The molecular weight excluding hydrogens is 358 g/mol. The van der Waals surface area contributed by atoms with Crippen LogP contribution in [0.5, 0.6) is 5.75 Å². The zero-order valence-electron chi connectivity index (χ0n) is 16.5. The fourth-order valence-electron chi connectivity index (χ4n) is 2.73. The molecule has 0 radical (unpaired) electrons. The summed E-state index contributed by atoms with van der Waals surface area (Å²) in [5, 5.41) is 2.86. The Hall–Kier alpha value is -2.86. The van der Waals surface area contributed by atoms with E-state index in [-0.39, 0.29) is 5.91 Å². The number of carbonyl (C=O) groups excluding carboxylic acids is 2. The van der Waals surface area contributed by atoms with Crippen LogP contribution in [0.25, 0.3) is 0 Å². The van der Waals surface area contributed by atoms with Crippen LogP contribution in [0.4, 0.5) is 0 Å². The molecule has 2 rings (SSSR count). The number of carbonyl (C=O) groups is 2. The van der Waals surface area contributed by atoms with Gasteiger partial charge in [0.15, 0.2) is 12.3 Å². The van der Waals surface area contributed by atoms with E-state index in [0.717, 1.165) is 5.56 Å². The van der Waals surface area contributed by atoms with E-state index in [0.29, 0.717) is 30.6 Å². The number of amides is 1. The summed E-state index contributed by atoms with van der Waals surface area (Å²) in [6, 6.07) is 16.7. The summed E-state index contributed by atoms with van der Waals surface area (Å²) in [6.45, 7) is 1.93. The van der Waals surface area contributed by atoms with Crippen molar-refractivity contribution in [3.63, 3.8) is 0 Å². The highest BCUT2D eigenvalue weighted by Crippen LogP contribution is 2.22. The lowest BCUT2D eigenvalue weighted by molar-refractivity contribution is -0.161. The van der Waals surface area contributed by atoms with Gasteiger partial charge < -0.3 is 19.5 Å². The van der Waals surface area contributed by atoms with E-state index >= 15 is 0 Å². The molecule has 2 aromatic rings. The molecule has 0 aromatic heterocycles. The molecule has 0 fully saturated rings. The molecule has 2 unspecified atom stereocenters. The fraction of sp³-hybridized carbons (Fsp3) is 0.364. The first-order valence-corrected chi connectivity index (χ1v) is 9.27. The van der Waals surface area contributed by atoms with Gasteiger partial charge >= 0.3 is 5.97 Å². The van der Waals surface area contributed by atoms with Crippen molar-refractivity contribution in [2.75, 3.05) is 14.2 Å². The predicted molar refractivity (Wildman–Crippen MR) is 106 cm³/mol. The lowest BCUT2D eigenvalue weighted by Gasteiger charge is -2.25. The van der Waals surface area contributed by atoms with Gasteiger partial charge in [0.05, 0.1) is 14.2 Å². The maximum absolute atomic E-state index is 12.3. The Morgan fingerprint density at radius 1 is 1.00 bits per heavy atom. The SMILES string of the molecule is CCCC(=O)NC(OC(Cc1ccccc1)C(=O)OC)c1ccc(OC)cc1. The molecule has 150 valence electrons. The van der Waals surface area contributed by atoms with Crippen LogP contribution in [0.15, 0.2) is 54.6 Å². The Balaban J connectivity index is 2.24. The quantitative estimate of drug-likeness (QED) is 0.501. The normalized spacial score (nSPS) is 12.7. The standard InChI is InChI=1S/C22H27NO5/c1-4-8-20(24)23-21(17-11-13-18(26-2)14-12-17)28-19(22(25)27-3)15-16-9-6-5-7-10-16/h5-7,9-14,19,21H,4,8,15H2,1-3H3,(H,23,24). The third-order valence-corrected chi connectivity index (χ3v) is 4.22. The summed E-state index contributed by atoms with van der Waals surface area (Å²) in [5.74, 6) is 0.0509. The number of ether oxygens (including phenoxy) is 3. The fourth-order valence-corrected chi connectivity index (χ4v) is 2.73. The van der Waals surface area contributed by atoms with E-state index in [1.807, 2.05) is 37.3 Å². The summed E-state index contributed by atoms with van der Waals surface area (Å²) < 4.78 is 16.1. The second-order valence-corrected chi connectivity index (χ2v) is 6.31. The molecule has 2 atom stereocenters. The third kappa shape index (κ3) is 6.39. The number of methoxy groups -OCH3 is 2. The third-order valence-electron chi connectivity index (χ3n) is 4.22. The first-order chi connectivity index (χ1) is 13.6. The van der Waals surface area contributed by atoms with E-state index in [2.05, 4.69) is 5.32 Å². The van der Waals surface area contributed by atoms with E-state index < -0.39 is 18.3 Å². The Kier molecular flexibility index (Phi) is 8.49. The number of benzene rings is 2. The van der Waals surface area contributed by atoms with Gasteiger partial charge in [-0.2, -0.15) is 0 Å². The van der Waals surface area contributed by atoms with Crippen LogP contribution in [0.3, 0.4) is 0 Å². The zero-order valence-corrected chi connectivity index (χ0v) is 16.5. The van der Waals surface area contributed by atoms with Crippen LogP contribution >= 0.6 is 0 Å². The summed E-state index contributed by atoms with van der Waals surface area (Å²) >= 11 is 0. The van der Waals surface area contributed by atoms with E-state index in [1.54, 1.807) is 31.4 Å². The minimum Gasteiger partial charge on any atom is -0.497 e. The van der Waals surface area contributed by atoms with Gasteiger partial charge in [0.2, 0.25) is 5.91 Å². The van der Waals surface area contributed by atoms with Crippen LogP contribution in [-0.4, -0.2) is 32.2 Å². The van der Waals surface area contributed by atoms with Crippen LogP contribution in [0, 0.1) is 0 Å². The maximum atomic E-state index is 12.3. The molecular formula is C22H27NO5. The Labute approximate surface area is 165 Å². The van der Waals surface area contributed by atoms with E-state index in [9.17, 15) is 9.59 Å². The molecule has 0 heterocycles. The van der Waals surface area contributed by atoms with Gasteiger partial charge in [-0.15, -0.1) is 0 Å². The van der Waals surface area contributed by atoms with E-state index in [1.165, 1.54) is 7.11 Å². The van der Waals surface area contributed by atoms with Gasteiger partial charge in [0.25, 0.3) is 0 Å². The first-order valence-electron chi connectivity index (χ1n) is 9.27. The molecule has 28 heavy (non-hydrogen) atoms. The van der Waals surface area contributed by atoms with Crippen LogP contribution in [0.2, 0.25) is 0 Å². The number of hydrogen-bond acceptors (Lipinski definition) is 5. The van der Waals surface area contributed by atoms with Crippen molar-refractivity contribution < 1.29 is 23.8 Å². The minimum atomic E-state index is -0.860. The van der Waals surface area contributed by atoms with Crippen LogP contribution in [-0.2, 0) is 25.5 Å². The largest absolute Gasteiger partial charge is 0.497 e. The van der Waals surface area contributed by atoms with Gasteiger partial charge in [0.1, 0.15) is 5.75 Å². The molecule has 2 aromatic carbocycles. The second-order valence-electron chi connectivity index (χ2n) is 6.31. The molecule has 6 heteroatoms. The molecule has 0 saturated heterocycles. The van der Waals surface area contributed by atoms with Crippen LogP contribution < -0.4 is 10.1 Å². The second kappa shape index (κ2) is 11.1. The number of esters is 1.